The van der Waals surface area contributed by atoms with E-state index in [1.54, 1.807) is 23.5 Å². The Morgan fingerprint density at radius 1 is 1.18 bits per heavy atom. The van der Waals surface area contributed by atoms with Gasteiger partial charge in [-0.15, -0.1) is 10.2 Å². The third-order valence-electron chi connectivity index (χ3n) is 3.51. The molecule has 0 spiro atoms. The van der Waals surface area contributed by atoms with Gasteiger partial charge in [-0.1, -0.05) is 29.5 Å². The molecule has 0 aliphatic heterocycles. The van der Waals surface area contributed by atoms with Crippen LogP contribution in [0.25, 0.3) is 26.6 Å². The number of fused-ring (bicyclic) bond motifs is 3. The van der Waals surface area contributed by atoms with E-state index in [1.807, 2.05) is 23.5 Å². The molecule has 0 atom stereocenters. The van der Waals surface area contributed by atoms with Crippen LogP contribution in [-0.2, 0) is 0 Å². The minimum atomic E-state index is -0.406. The van der Waals surface area contributed by atoms with E-state index in [9.17, 15) is 10.1 Å². The van der Waals surface area contributed by atoms with Crippen LogP contribution in [0.2, 0.25) is 0 Å². The highest BCUT2D eigenvalue weighted by molar-refractivity contribution is 7.23. The fourth-order valence-corrected chi connectivity index (χ4v) is 3.55. The summed E-state index contributed by atoms with van der Waals surface area (Å²) < 4.78 is 3.06. The van der Waals surface area contributed by atoms with Gasteiger partial charge >= 0.3 is 0 Å². The van der Waals surface area contributed by atoms with Crippen molar-refractivity contribution in [3.63, 3.8) is 0 Å². The van der Waals surface area contributed by atoms with Gasteiger partial charge in [0.2, 0.25) is 4.96 Å². The van der Waals surface area contributed by atoms with Gasteiger partial charge in [0.1, 0.15) is 0 Å². The Bertz CT molecular complexity index is 1030. The second-order valence-electron chi connectivity index (χ2n) is 5.02. The fraction of sp³-hybridized carbons (Fsp3) is 0.0667. The number of benzene rings is 2. The molecule has 0 unspecified atom stereocenters. The molecule has 4 aromatic rings. The largest absolute Gasteiger partial charge is 0.270 e. The predicted molar refractivity (Wildman–Crippen MR) is 85.2 cm³/mol. The summed E-state index contributed by atoms with van der Waals surface area (Å²) in [5.41, 5.74) is 2.92. The molecule has 0 aliphatic carbocycles. The molecule has 0 aliphatic rings. The van der Waals surface area contributed by atoms with Gasteiger partial charge < -0.3 is 0 Å². The molecule has 0 amide bonds. The van der Waals surface area contributed by atoms with Crippen LogP contribution in [0.5, 0.6) is 0 Å². The van der Waals surface area contributed by atoms with E-state index in [1.165, 1.54) is 17.7 Å². The number of hydrogen-bond acceptors (Lipinski definition) is 5. The quantitative estimate of drug-likeness (QED) is 0.416. The van der Waals surface area contributed by atoms with E-state index < -0.39 is 4.92 Å². The smallest absolute Gasteiger partial charge is 0.265 e. The molecule has 2 aromatic carbocycles. The summed E-state index contributed by atoms with van der Waals surface area (Å²) in [6.07, 6.45) is 0. The van der Waals surface area contributed by atoms with Crippen molar-refractivity contribution in [2.75, 3.05) is 0 Å². The number of aryl methyl sites for hydroxylation is 1. The molecule has 6 nitrogen and oxygen atoms in total. The van der Waals surface area contributed by atoms with E-state index in [0.717, 1.165) is 15.2 Å². The maximum atomic E-state index is 11.0. The van der Waals surface area contributed by atoms with Gasteiger partial charge in [0.05, 0.1) is 15.1 Å². The Balaban J connectivity index is 2.01. The number of nitro groups is 1. The summed E-state index contributed by atoms with van der Waals surface area (Å²) >= 11 is 1.56. The zero-order chi connectivity index (χ0) is 15.3. The molecule has 108 valence electrons. The normalized spacial score (nSPS) is 11.3. The van der Waals surface area contributed by atoms with Crippen molar-refractivity contribution >= 4 is 32.2 Å². The first-order valence-electron chi connectivity index (χ1n) is 6.62. The molecule has 0 fully saturated rings. The zero-order valence-electron chi connectivity index (χ0n) is 11.6. The van der Waals surface area contributed by atoms with Crippen molar-refractivity contribution < 1.29 is 4.92 Å². The molecule has 0 saturated carbocycles. The lowest BCUT2D eigenvalue weighted by Gasteiger charge is -2.00. The third-order valence-corrected chi connectivity index (χ3v) is 4.50. The molecule has 2 aromatic heterocycles. The lowest BCUT2D eigenvalue weighted by atomic mass is 10.2. The van der Waals surface area contributed by atoms with Crippen LogP contribution < -0.4 is 0 Å². The number of rotatable bonds is 2. The van der Waals surface area contributed by atoms with E-state index in [2.05, 4.69) is 16.3 Å². The molecule has 0 radical (unpaired) electrons. The van der Waals surface area contributed by atoms with Crippen molar-refractivity contribution in [2.45, 2.75) is 6.92 Å². The first kappa shape index (κ1) is 12.9. The average Bonchev–Trinajstić information content (AvgIpc) is 3.05. The third kappa shape index (κ3) is 1.86. The minimum Gasteiger partial charge on any atom is -0.265 e. The maximum absolute atomic E-state index is 11.0. The second kappa shape index (κ2) is 4.60. The molecule has 7 heteroatoms. The standard InChI is InChI=1S/C15H10N4O2S/c1-9-5-6-12-13(7-9)22-15-17-16-14(18(12)15)10-3-2-4-11(8-10)19(20)21/h2-8H,1H3. The predicted octanol–water partition coefficient (Wildman–Crippen LogP) is 3.83. The summed E-state index contributed by atoms with van der Waals surface area (Å²) in [6.45, 7) is 2.04. The molecule has 0 bridgehead atoms. The molecular formula is C15H10N4O2S. The van der Waals surface area contributed by atoms with Crippen LogP contribution >= 0.6 is 11.3 Å². The summed E-state index contributed by atoms with van der Waals surface area (Å²) in [5.74, 6) is 0.619. The van der Waals surface area contributed by atoms with Gasteiger partial charge in [-0.3, -0.25) is 14.5 Å². The van der Waals surface area contributed by atoms with Crippen LogP contribution in [-0.4, -0.2) is 19.5 Å². The molecule has 2 heterocycles. The first-order chi connectivity index (χ1) is 10.6. The molecule has 0 N–H and O–H groups in total. The van der Waals surface area contributed by atoms with Crippen LogP contribution in [0.15, 0.2) is 42.5 Å². The van der Waals surface area contributed by atoms with Crippen molar-refractivity contribution in [1.82, 2.24) is 14.6 Å². The number of aromatic nitrogens is 3. The first-order valence-corrected chi connectivity index (χ1v) is 7.44. The topological polar surface area (TPSA) is 73.3 Å². The lowest BCUT2D eigenvalue weighted by molar-refractivity contribution is -0.384. The maximum Gasteiger partial charge on any atom is 0.270 e. The van der Waals surface area contributed by atoms with Gasteiger partial charge in [-0.2, -0.15) is 0 Å². The summed E-state index contributed by atoms with van der Waals surface area (Å²) in [5, 5.41) is 19.3. The van der Waals surface area contributed by atoms with E-state index in [0.29, 0.717) is 11.4 Å². The van der Waals surface area contributed by atoms with Gasteiger partial charge in [-0.25, -0.2) is 0 Å². The van der Waals surface area contributed by atoms with Crippen molar-refractivity contribution in [1.29, 1.82) is 0 Å². The van der Waals surface area contributed by atoms with Crippen LogP contribution in [0.1, 0.15) is 5.56 Å². The van der Waals surface area contributed by atoms with E-state index in [-0.39, 0.29) is 5.69 Å². The Morgan fingerprint density at radius 2 is 2.05 bits per heavy atom. The Hall–Kier alpha value is -2.80. The van der Waals surface area contributed by atoms with Gasteiger partial charge in [0, 0.05) is 17.7 Å². The molecular weight excluding hydrogens is 300 g/mol. The van der Waals surface area contributed by atoms with Gasteiger partial charge in [0.15, 0.2) is 5.82 Å². The Labute approximate surface area is 128 Å². The monoisotopic (exact) mass is 310 g/mol. The Kier molecular flexibility index (Phi) is 2.70. The summed E-state index contributed by atoms with van der Waals surface area (Å²) in [6, 6.07) is 12.6. The minimum absolute atomic E-state index is 0.0460. The molecule has 22 heavy (non-hydrogen) atoms. The molecule has 0 saturated heterocycles. The van der Waals surface area contributed by atoms with Crippen LogP contribution in [0.4, 0.5) is 5.69 Å². The van der Waals surface area contributed by atoms with Crippen LogP contribution in [0.3, 0.4) is 0 Å². The van der Waals surface area contributed by atoms with Crippen molar-refractivity contribution in [3.8, 4) is 11.4 Å². The summed E-state index contributed by atoms with van der Waals surface area (Å²) in [7, 11) is 0. The lowest BCUT2D eigenvalue weighted by Crippen LogP contribution is -1.91. The van der Waals surface area contributed by atoms with Crippen molar-refractivity contribution in [3.05, 3.63) is 58.1 Å². The highest BCUT2D eigenvalue weighted by Crippen LogP contribution is 2.31. The van der Waals surface area contributed by atoms with E-state index >= 15 is 0 Å². The van der Waals surface area contributed by atoms with Gasteiger partial charge in [0.25, 0.3) is 5.69 Å². The summed E-state index contributed by atoms with van der Waals surface area (Å²) in [4.78, 5) is 11.3. The number of nitrogens with zero attached hydrogens (tertiary/aromatic N) is 4. The second-order valence-corrected chi connectivity index (χ2v) is 6.03. The van der Waals surface area contributed by atoms with Crippen molar-refractivity contribution in [2.24, 2.45) is 0 Å². The average molecular weight is 310 g/mol. The highest BCUT2D eigenvalue weighted by atomic mass is 32.1. The molecule has 4 rings (SSSR count). The zero-order valence-corrected chi connectivity index (χ0v) is 12.4. The SMILES string of the molecule is Cc1ccc2c(c1)sc1nnc(-c3cccc([N+](=O)[O-])c3)n12. The number of thiazole rings is 1. The van der Waals surface area contributed by atoms with Gasteiger partial charge in [-0.05, 0) is 24.6 Å². The van der Waals surface area contributed by atoms with Crippen LogP contribution in [0, 0.1) is 17.0 Å². The number of hydrogen-bond donors (Lipinski definition) is 0. The number of nitro benzene ring substituents is 1. The fourth-order valence-electron chi connectivity index (χ4n) is 2.48. The number of non-ortho nitro benzene ring substituents is 1. The highest BCUT2D eigenvalue weighted by Gasteiger charge is 2.16. The van der Waals surface area contributed by atoms with E-state index in [4.69, 9.17) is 0 Å². The Morgan fingerprint density at radius 3 is 2.86 bits per heavy atom.